The molecule has 0 saturated heterocycles. The van der Waals surface area contributed by atoms with Crippen LogP contribution in [0.15, 0.2) is 24.5 Å². The monoisotopic (exact) mass is 272 g/mol. The minimum Gasteiger partial charge on any atom is -0.383 e. The van der Waals surface area contributed by atoms with Crippen LogP contribution in [0.5, 0.6) is 0 Å². The summed E-state index contributed by atoms with van der Waals surface area (Å²) in [5.41, 5.74) is 9.65. The van der Waals surface area contributed by atoms with Crippen molar-refractivity contribution in [2.45, 2.75) is 34.1 Å². The third kappa shape index (κ3) is 2.84. The highest BCUT2D eigenvalue weighted by Crippen LogP contribution is 2.34. The summed E-state index contributed by atoms with van der Waals surface area (Å²) in [6, 6.07) is 3.97. The van der Waals surface area contributed by atoms with Crippen molar-refractivity contribution in [3.05, 3.63) is 30.2 Å². The van der Waals surface area contributed by atoms with Crippen molar-refractivity contribution in [1.29, 1.82) is 0 Å². The van der Waals surface area contributed by atoms with Crippen LogP contribution in [0.3, 0.4) is 0 Å². The molecule has 0 fully saturated rings. The zero-order chi connectivity index (χ0) is 14.9. The molecule has 0 bridgehead atoms. The average molecular weight is 272 g/mol. The lowest BCUT2D eigenvalue weighted by molar-refractivity contribution is 0.258. The van der Waals surface area contributed by atoms with E-state index in [0.29, 0.717) is 11.7 Å². The number of aromatic nitrogens is 3. The second kappa shape index (κ2) is 5.27. The van der Waals surface area contributed by atoms with Gasteiger partial charge in [0.15, 0.2) is 0 Å². The number of nitrogens with two attached hydrogens (primary N) is 1. The number of rotatable bonds is 3. The van der Waals surface area contributed by atoms with Gasteiger partial charge in [-0.2, -0.15) is 5.10 Å². The molecule has 2 N–H and O–H groups in total. The molecule has 108 valence electrons. The molecule has 20 heavy (non-hydrogen) atoms. The molecule has 1 atom stereocenters. The van der Waals surface area contributed by atoms with E-state index < -0.39 is 0 Å². The maximum atomic E-state index is 6.20. The summed E-state index contributed by atoms with van der Waals surface area (Å²) >= 11 is 0. The van der Waals surface area contributed by atoms with Gasteiger partial charge in [0.2, 0.25) is 0 Å². The standard InChI is InChI=1S/C16H24N4/c1-11(16(2,3)4)10-13-14(15(17)20(5)19-13)12-6-8-18-9-7-12/h6-9,11H,10,17H2,1-5H3. The van der Waals surface area contributed by atoms with E-state index in [4.69, 9.17) is 5.73 Å². The molecular weight excluding hydrogens is 248 g/mol. The Morgan fingerprint density at radius 3 is 2.40 bits per heavy atom. The highest BCUT2D eigenvalue weighted by Gasteiger charge is 2.24. The number of nitrogens with zero attached hydrogens (tertiary/aromatic N) is 3. The highest BCUT2D eigenvalue weighted by molar-refractivity contribution is 5.76. The number of aryl methyl sites for hydroxylation is 1. The van der Waals surface area contributed by atoms with Gasteiger partial charge >= 0.3 is 0 Å². The zero-order valence-electron chi connectivity index (χ0n) is 13.0. The van der Waals surface area contributed by atoms with E-state index >= 15 is 0 Å². The molecule has 0 amide bonds. The van der Waals surface area contributed by atoms with E-state index in [0.717, 1.165) is 23.2 Å². The Kier molecular flexibility index (Phi) is 3.84. The van der Waals surface area contributed by atoms with E-state index in [2.05, 4.69) is 37.8 Å². The fourth-order valence-corrected chi connectivity index (χ4v) is 2.17. The maximum Gasteiger partial charge on any atom is 0.129 e. The lowest BCUT2D eigenvalue weighted by Crippen LogP contribution is -2.20. The Labute approximate surface area is 121 Å². The smallest absolute Gasteiger partial charge is 0.129 e. The summed E-state index contributed by atoms with van der Waals surface area (Å²) in [5, 5.41) is 4.61. The molecule has 0 aliphatic rings. The second-order valence-corrected chi connectivity index (χ2v) is 6.54. The molecule has 1 unspecified atom stereocenters. The molecule has 2 heterocycles. The predicted molar refractivity (Wildman–Crippen MR) is 83.2 cm³/mol. The van der Waals surface area contributed by atoms with E-state index in [9.17, 15) is 0 Å². The van der Waals surface area contributed by atoms with Crippen LogP contribution in [-0.4, -0.2) is 14.8 Å². The van der Waals surface area contributed by atoms with Crippen LogP contribution in [0.2, 0.25) is 0 Å². The number of nitrogen functional groups attached to an aromatic ring is 1. The quantitative estimate of drug-likeness (QED) is 0.932. The number of hydrogen-bond donors (Lipinski definition) is 1. The highest BCUT2D eigenvalue weighted by atomic mass is 15.3. The van der Waals surface area contributed by atoms with Gasteiger partial charge < -0.3 is 5.73 Å². The Hall–Kier alpha value is -1.84. The predicted octanol–water partition coefficient (Wildman–Crippen LogP) is 3.29. The Morgan fingerprint density at radius 1 is 1.25 bits per heavy atom. The van der Waals surface area contributed by atoms with Crippen molar-refractivity contribution in [1.82, 2.24) is 14.8 Å². The van der Waals surface area contributed by atoms with Crippen LogP contribution in [0, 0.1) is 11.3 Å². The van der Waals surface area contributed by atoms with E-state index in [-0.39, 0.29) is 5.41 Å². The number of anilines is 1. The third-order valence-corrected chi connectivity index (χ3v) is 4.11. The lowest BCUT2D eigenvalue weighted by atomic mass is 9.79. The summed E-state index contributed by atoms with van der Waals surface area (Å²) in [6.45, 7) is 9.05. The van der Waals surface area contributed by atoms with Crippen LogP contribution >= 0.6 is 0 Å². The molecular formula is C16H24N4. The molecule has 0 aliphatic heterocycles. The Morgan fingerprint density at radius 2 is 1.85 bits per heavy atom. The number of pyridine rings is 1. The van der Waals surface area contributed by atoms with Crippen molar-refractivity contribution in [2.24, 2.45) is 18.4 Å². The molecule has 2 aromatic rings. The van der Waals surface area contributed by atoms with Crippen molar-refractivity contribution in [3.8, 4) is 11.1 Å². The van der Waals surface area contributed by atoms with Crippen LogP contribution in [0.4, 0.5) is 5.82 Å². The maximum absolute atomic E-state index is 6.20. The van der Waals surface area contributed by atoms with Crippen molar-refractivity contribution in [2.75, 3.05) is 5.73 Å². The molecule has 0 radical (unpaired) electrons. The van der Waals surface area contributed by atoms with E-state index in [1.165, 1.54) is 0 Å². The van der Waals surface area contributed by atoms with Gasteiger partial charge in [0.1, 0.15) is 5.82 Å². The first-order valence-corrected chi connectivity index (χ1v) is 7.02. The minimum atomic E-state index is 0.252. The first-order chi connectivity index (χ1) is 9.30. The zero-order valence-corrected chi connectivity index (χ0v) is 13.0. The first kappa shape index (κ1) is 14.6. The Balaban J connectivity index is 2.43. The molecule has 0 aromatic carbocycles. The topological polar surface area (TPSA) is 56.7 Å². The molecule has 4 heteroatoms. The van der Waals surface area contributed by atoms with Crippen LogP contribution in [0.1, 0.15) is 33.4 Å². The normalized spacial score (nSPS) is 13.4. The van der Waals surface area contributed by atoms with Gasteiger partial charge in [0, 0.05) is 25.0 Å². The summed E-state index contributed by atoms with van der Waals surface area (Å²) in [6.07, 6.45) is 4.50. The van der Waals surface area contributed by atoms with Crippen molar-refractivity contribution in [3.63, 3.8) is 0 Å². The summed E-state index contributed by atoms with van der Waals surface area (Å²) < 4.78 is 1.76. The SMILES string of the molecule is CC(Cc1nn(C)c(N)c1-c1ccncc1)C(C)(C)C. The first-order valence-electron chi connectivity index (χ1n) is 7.02. The molecule has 0 spiro atoms. The lowest BCUT2D eigenvalue weighted by Gasteiger charge is -2.26. The van der Waals surface area contributed by atoms with Crippen LogP contribution < -0.4 is 5.73 Å². The molecule has 4 nitrogen and oxygen atoms in total. The number of hydrogen-bond acceptors (Lipinski definition) is 3. The summed E-state index contributed by atoms with van der Waals surface area (Å²) in [5.74, 6) is 1.24. The van der Waals surface area contributed by atoms with Gasteiger partial charge in [-0.05, 0) is 35.4 Å². The molecule has 0 saturated carbocycles. The van der Waals surface area contributed by atoms with Crippen LogP contribution in [-0.2, 0) is 13.5 Å². The van der Waals surface area contributed by atoms with Crippen LogP contribution in [0.25, 0.3) is 11.1 Å². The fraction of sp³-hybridized carbons (Fsp3) is 0.500. The Bertz CT molecular complexity index is 579. The van der Waals surface area contributed by atoms with Gasteiger partial charge in [-0.3, -0.25) is 9.67 Å². The van der Waals surface area contributed by atoms with Crippen molar-refractivity contribution < 1.29 is 0 Å². The molecule has 2 aromatic heterocycles. The largest absolute Gasteiger partial charge is 0.383 e. The average Bonchev–Trinajstić information content (AvgIpc) is 2.65. The van der Waals surface area contributed by atoms with Gasteiger partial charge in [-0.25, -0.2) is 0 Å². The van der Waals surface area contributed by atoms with E-state index in [1.807, 2.05) is 19.2 Å². The van der Waals surface area contributed by atoms with Gasteiger partial charge in [-0.1, -0.05) is 27.7 Å². The van der Waals surface area contributed by atoms with Gasteiger partial charge in [0.25, 0.3) is 0 Å². The fourth-order valence-electron chi connectivity index (χ4n) is 2.17. The third-order valence-electron chi connectivity index (χ3n) is 4.11. The van der Waals surface area contributed by atoms with Gasteiger partial charge in [0.05, 0.1) is 5.69 Å². The summed E-state index contributed by atoms with van der Waals surface area (Å²) in [7, 11) is 1.89. The van der Waals surface area contributed by atoms with Gasteiger partial charge in [-0.15, -0.1) is 0 Å². The molecule has 0 aliphatic carbocycles. The van der Waals surface area contributed by atoms with E-state index in [1.54, 1.807) is 17.1 Å². The van der Waals surface area contributed by atoms with Crippen molar-refractivity contribution >= 4 is 5.82 Å². The minimum absolute atomic E-state index is 0.252. The second-order valence-electron chi connectivity index (χ2n) is 6.54. The summed E-state index contributed by atoms with van der Waals surface area (Å²) in [4.78, 5) is 4.07. The molecule has 2 rings (SSSR count).